The van der Waals surface area contributed by atoms with E-state index in [2.05, 4.69) is 4.98 Å². The van der Waals surface area contributed by atoms with Gasteiger partial charge >= 0.3 is 5.69 Å². The molecule has 1 aliphatic rings. The third-order valence-corrected chi connectivity index (χ3v) is 2.61. The van der Waals surface area contributed by atoms with E-state index in [0.717, 1.165) is 19.3 Å². The van der Waals surface area contributed by atoms with Crippen LogP contribution in [0.4, 0.5) is 0 Å². The molecule has 1 fully saturated rings. The zero-order valence-corrected chi connectivity index (χ0v) is 8.66. The normalized spacial score (nSPS) is 21.5. The zero-order chi connectivity index (χ0) is 10.8. The highest BCUT2D eigenvalue weighted by Crippen LogP contribution is 2.20. The average molecular weight is 210 g/mol. The molecule has 0 spiro atoms. The summed E-state index contributed by atoms with van der Waals surface area (Å²) in [5, 5.41) is 0. The van der Waals surface area contributed by atoms with E-state index in [1.54, 1.807) is 13.1 Å². The molecule has 5 heteroatoms. The summed E-state index contributed by atoms with van der Waals surface area (Å²) in [7, 11) is 0. The SMILES string of the molecule is Cc1cn([C@H]2CCCCO2)c(=O)[nH]c1=O. The van der Waals surface area contributed by atoms with Crippen molar-refractivity contribution < 1.29 is 4.74 Å². The molecule has 1 aromatic rings. The van der Waals surface area contributed by atoms with Gasteiger partial charge in [0, 0.05) is 18.4 Å². The Morgan fingerprint density at radius 2 is 2.27 bits per heavy atom. The first-order valence-corrected chi connectivity index (χ1v) is 5.12. The highest BCUT2D eigenvalue weighted by molar-refractivity contribution is 5.01. The third-order valence-electron chi connectivity index (χ3n) is 2.61. The van der Waals surface area contributed by atoms with Crippen LogP contribution in [0, 0.1) is 6.92 Å². The van der Waals surface area contributed by atoms with Crippen LogP contribution in [0.3, 0.4) is 0 Å². The van der Waals surface area contributed by atoms with Gasteiger partial charge in [-0.2, -0.15) is 0 Å². The minimum absolute atomic E-state index is 0.221. The molecular weight excluding hydrogens is 196 g/mol. The van der Waals surface area contributed by atoms with Gasteiger partial charge in [-0.1, -0.05) is 0 Å². The number of rotatable bonds is 1. The van der Waals surface area contributed by atoms with Gasteiger partial charge in [-0.15, -0.1) is 0 Å². The average Bonchev–Trinajstić information content (AvgIpc) is 2.25. The number of hydrogen-bond donors (Lipinski definition) is 1. The topological polar surface area (TPSA) is 64.1 Å². The number of aromatic nitrogens is 2. The van der Waals surface area contributed by atoms with Crippen LogP contribution in [-0.2, 0) is 4.74 Å². The van der Waals surface area contributed by atoms with Crippen LogP contribution in [0.1, 0.15) is 31.1 Å². The van der Waals surface area contributed by atoms with E-state index in [4.69, 9.17) is 4.74 Å². The van der Waals surface area contributed by atoms with Crippen molar-refractivity contribution in [2.24, 2.45) is 0 Å². The molecular formula is C10H14N2O3. The van der Waals surface area contributed by atoms with Crippen LogP contribution in [0.5, 0.6) is 0 Å². The van der Waals surface area contributed by atoms with Gasteiger partial charge in [-0.25, -0.2) is 4.79 Å². The van der Waals surface area contributed by atoms with Crippen molar-refractivity contribution in [3.8, 4) is 0 Å². The standard InChI is InChI=1S/C10H14N2O3/c1-7-6-12(10(14)11-9(7)13)8-4-2-3-5-15-8/h6,8H,2-5H2,1H3,(H,11,13,14)/t8-/m1/s1. The van der Waals surface area contributed by atoms with Crippen LogP contribution < -0.4 is 11.2 Å². The van der Waals surface area contributed by atoms with Crippen molar-refractivity contribution in [2.45, 2.75) is 32.4 Å². The molecule has 0 bridgehead atoms. The summed E-state index contributed by atoms with van der Waals surface area (Å²) in [5.74, 6) is 0. The van der Waals surface area contributed by atoms with Crippen LogP contribution in [-0.4, -0.2) is 16.2 Å². The molecule has 1 saturated heterocycles. The second-order valence-corrected chi connectivity index (χ2v) is 3.80. The monoisotopic (exact) mass is 210 g/mol. The van der Waals surface area contributed by atoms with E-state index in [-0.39, 0.29) is 11.8 Å². The molecule has 5 nitrogen and oxygen atoms in total. The smallest absolute Gasteiger partial charge is 0.330 e. The highest BCUT2D eigenvalue weighted by Gasteiger charge is 2.17. The molecule has 0 radical (unpaired) electrons. The Labute approximate surface area is 86.7 Å². The van der Waals surface area contributed by atoms with Crippen molar-refractivity contribution in [1.82, 2.24) is 9.55 Å². The number of nitrogens with zero attached hydrogens (tertiary/aromatic N) is 1. The molecule has 82 valence electrons. The minimum atomic E-state index is -0.391. The predicted octanol–water partition coefficient (Wildman–Crippen LogP) is 0.544. The molecule has 0 amide bonds. The maximum atomic E-state index is 11.5. The zero-order valence-electron chi connectivity index (χ0n) is 8.66. The van der Waals surface area contributed by atoms with Gasteiger partial charge in [0.2, 0.25) is 0 Å². The Hall–Kier alpha value is -1.36. The van der Waals surface area contributed by atoms with E-state index in [0.29, 0.717) is 12.2 Å². The Bertz CT molecular complexity index is 454. The molecule has 0 unspecified atom stereocenters. The number of H-pyrrole nitrogens is 1. The number of aryl methyl sites for hydroxylation is 1. The molecule has 0 aromatic carbocycles. The third kappa shape index (κ3) is 2.02. The van der Waals surface area contributed by atoms with Crippen molar-refractivity contribution in [3.63, 3.8) is 0 Å². The Morgan fingerprint density at radius 3 is 2.93 bits per heavy atom. The molecule has 0 saturated carbocycles. The summed E-state index contributed by atoms with van der Waals surface area (Å²) in [6.07, 6.45) is 4.26. The van der Waals surface area contributed by atoms with Crippen LogP contribution in [0.2, 0.25) is 0 Å². The lowest BCUT2D eigenvalue weighted by Gasteiger charge is -2.24. The van der Waals surface area contributed by atoms with Crippen molar-refractivity contribution in [3.05, 3.63) is 32.6 Å². The molecule has 1 aromatic heterocycles. The molecule has 0 aliphatic carbocycles. The first-order chi connectivity index (χ1) is 7.18. The molecule has 1 N–H and O–H groups in total. The van der Waals surface area contributed by atoms with Crippen molar-refractivity contribution in [2.75, 3.05) is 6.61 Å². The number of nitrogens with one attached hydrogen (secondary N) is 1. The molecule has 1 atom stereocenters. The van der Waals surface area contributed by atoms with E-state index in [1.807, 2.05) is 0 Å². The maximum Gasteiger partial charge on any atom is 0.330 e. The quantitative estimate of drug-likeness (QED) is 0.736. The van der Waals surface area contributed by atoms with E-state index in [1.165, 1.54) is 4.57 Å². The van der Waals surface area contributed by atoms with Gasteiger partial charge in [-0.3, -0.25) is 14.3 Å². The van der Waals surface area contributed by atoms with Crippen molar-refractivity contribution >= 4 is 0 Å². The van der Waals surface area contributed by atoms with E-state index >= 15 is 0 Å². The van der Waals surface area contributed by atoms with Crippen LogP contribution >= 0.6 is 0 Å². The van der Waals surface area contributed by atoms with Gasteiger partial charge < -0.3 is 4.74 Å². The summed E-state index contributed by atoms with van der Waals surface area (Å²) >= 11 is 0. The van der Waals surface area contributed by atoms with E-state index < -0.39 is 5.69 Å². The second kappa shape index (κ2) is 4.02. The summed E-state index contributed by atoms with van der Waals surface area (Å²) < 4.78 is 6.95. The highest BCUT2D eigenvalue weighted by atomic mass is 16.5. The second-order valence-electron chi connectivity index (χ2n) is 3.80. The summed E-state index contributed by atoms with van der Waals surface area (Å²) in [6, 6.07) is 0. The fourth-order valence-corrected chi connectivity index (χ4v) is 1.74. The predicted molar refractivity (Wildman–Crippen MR) is 54.9 cm³/mol. The molecule has 15 heavy (non-hydrogen) atoms. The lowest BCUT2D eigenvalue weighted by atomic mass is 10.2. The number of aromatic amines is 1. The van der Waals surface area contributed by atoms with Gasteiger partial charge in [0.25, 0.3) is 5.56 Å². The Balaban J connectivity index is 2.39. The Kier molecular flexibility index (Phi) is 2.73. The molecule has 2 heterocycles. The molecule has 1 aliphatic heterocycles. The lowest BCUT2D eigenvalue weighted by Crippen LogP contribution is -2.35. The maximum absolute atomic E-state index is 11.5. The summed E-state index contributed by atoms with van der Waals surface area (Å²) in [5.41, 5.74) is -0.187. The van der Waals surface area contributed by atoms with Crippen molar-refractivity contribution in [1.29, 1.82) is 0 Å². The lowest BCUT2D eigenvalue weighted by molar-refractivity contribution is -0.0350. The van der Waals surface area contributed by atoms with E-state index in [9.17, 15) is 9.59 Å². The Morgan fingerprint density at radius 1 is 1.47 bits per heavy atom. The van der Waals surface area contributed by atoms with Gasteiger partial charge in [-0.05, 0) is 26.2 Å². The first-order valence-electron chi connectivity index (χ1n) is 5.12. The van der Waals surface area contributed by atoms with Gasteiger partial charge in [0.15, 0.2) is 0 Å². The van der Waals surface area contributed by atoms with Crippen LogP contribution in [0.15, 0.2) is 15.8 Å². The minimum Gasteiger partial charge on any atom is -0.358 e. The fraction of sp³-hybridized carbons (Fsp3) is 0.600. The van der Waals surface area contributed by atoms with Crippen LogP contribution in [0.25, 0.3) is 0 Å². The number of ether oxygens (including phenoxy) is 1. The molecule has 2 rings (SSSR count). The largest absolute Gasteiger partial charge is 0.358 e. The summed E-state index contributed by atoms with van der Waals surface area (Å²) in [4.78, 5) is 25.0. The summed E-state index contributed by atoms with van der Waals surface area (Å²) in [6.45, 7) is 2.35. The fourth-order valence-electron chi connectivity index (χ4n) is 1.74. The van der Waals surface area contributed by atoms with Gasteiger partial charge in [0.1, 0.15) is 6.23 Å². The first kappa shape index (κ1) is 10.2. The van der Waals surface area contributed by atoms with Gasteiger partial charge in [0.05, 0.1) is 0 Å². The number of hydrogen-bond acceptors (Lipinski definition) is 3.